The van der Waals surface area contributed by atoms with Gasteiger partial charge in [-0.05, 0) is 64.0 Å². The summed E-state index contributed by atoms with van der Waals surface area (Å²) in [5.74, 6) is 1.73. The highest BCUT2D eigenvalue weighted by Gasteiger charge is 2.35. The van der Waals surface area contributed by atoms with Crippen molar-refractivity contribution in [3.63, 3.8) is 0 Å². The van der Waals surface area contributed by atoms with Crippen molar-refractivity contribution in [1.82, 2.24) is 9.80 Å². The molecule has 3 fully saturated rings. The first-order chi connectivity index (χ1) is 10.8. The number of carbonyl (C=O) groups excluding carboxylic acids is 1. The lowest BCUT2D eigenvalue weighted by Gasteiger charge is -2.31. The summed E-state index contributed by atoms with van der Waals surface area (Å²) in [6.45, 7) is 6.81. The Morgan fingerprint density at radius 3 is 2.41 bits per heavy atom. The molecule has 126 valence electrons. The molecule has 1 saturated carbocycles. The third-order valence-electron chi connectivity index (χ3n) is 6.29. The molecule has 1 amide bonds. The minimum Gasteiger partial charge on any atom is -0.341 e. The maximum absolute atomic E-state index is 12.8. The Morgan fingerprint density at radius 1 is 1.00 bits per heavy atom. The van der Waals surface area contributed by atoms with E-state index in [1.54, 1.807) is 0 Å². The van der Waals surface area contributed by atoms with E-state index in [9.17, 15) is 4.79 Å². The first-order valence-electron chi connectivity index (χ1n) is 9.80. The molecule has 2 aliphatic heterocycles. The highest BCUT2D eigenvalue weighted by atomic mass is 16.2. The normalized spacial score (nSPS) is 33.5. The van der Waals surface area contributed by atoms with Gasteiger partial charge in [-0.2, -0.15) is 0 Å². The fourth-order valence-electron chi connectivity index (χ4n) is 4.80. The van der Waals surface area contributed by atoms with E-state index >= 15 is 0 Å². The van der Waals surface area contributed by atoms with Crippen LogP contribution in [0.25, 0.3) is 0 Å². The first-order valence-corrected chi connectivity index (χ1v) is 9.80. The molecule has 0 N–H and O–H groups in total. The molecule has 3 rings (SSSR count). The zero-order chi connectivity index (χ0) is 15.4. The van der Waals surface area contributed by atoms with Gasteiger partial charge < -0.3 is 4.90 Å². The number of rotatable bonds is 5. The van der Waals surface area contributed by atoms with Crippen LogP contribution < -0.4 is 0 Å². The van der Waals surface area contributed by atoms with Gasteiger partial charge in [-0.15, -0.1) is 0 Å². The molecule has 3 nitrogen and oxygen atoms in total. The van der Waals surface area contributed by atoms with E-state index in [1.165, 1.54) is 64.5 Å². The Balaban J connectivity index is 1.42. The lowest BCUT2D eigenvalue weighted by Crippen LogP contribution is -2.40. The number of nitrogens with zero attached hydrogens (tertiary/aromatic N) is 2. The standard InChI is InChI=1S/C19H34N2O/c1-2-3-6-16-7-9-17(10-8-16)19(22)21-14-11-18(15-21)20-12-4-5-13-20/h16-18H,2-15H2,1H3. The number of amides is 1. The van der Waals surface area contributed by atoms with Crippen molar-refractivity contribution in [2.24, 2.45) is 11.8 Å². The molecule has 0 aromatic carbocycles. The molecule has 1 atom stereocenters. The number of unbranched alkanes of at least 4 members (excludes halogenated alkanes) is 1. The van der Waals surface area contributed by atoms with Crippen molar-refractivity contribution in [1.29, 1.82) is 0 Å². The van der Waals surface area contributed by atoms with Crippen molar-refractivity contribution in [2.75, 3.05) is 26.2 Å². The van der Waals surface area contributed by atoms with Gasteiger partial charge in [-0.1, -0.05) is 26.2 Å². The van der Waals surface area contributed by atoms with E-state index in [2.05, 4.69) is 16.7 Å². The maximum atomic E-state index is 12.8. The molecule has 3 aliphatic rings. The Kier molecular flexibility index (Phi) is 5.78. The molecule has 2 saturated heterocycles. The molecular weight excluding hydrogens is 272 g/mol. The predicted molar refractivity (Wildman–Crippen MR) is 90.8 cm³/mol. The molecule has 3 heteroatoms. The summed E-state index contributed by atoms with van der Waals surface area (Å²) in [7, 11) is 0. The summed E-state index contributed by atoms with van der Waals surface area (Å²) in [4.78, 5) is 17.6. The van der Waals surface area contributed by atoms with Crippen molar-refractivity contribution in [3.05, 3.63) is 0 Å². The molecule has 1 aliphatic carbocycles. The molecule has 0 aromatic heterocycles. The monoisotopic (exact) mass is 306 g/mol. The molecule has 0 bridgehead atoms. The van der Waals surface area contributed by atoms with Crippen molar-refractivity contribution in [2.45, 2.75) is 77.2 Å². The SMILES string of the molecule is CCCCC1CCC(C(=O)N2CCC(N3CCCC3)C2)CC1. The number of carbonyl (C=O) groups is 1. The molecule has 0 radical (unpaired) electrons. The van der Waals surface area contributed by atoms with E-state index in [1.807, 2.05) is 0 Å². The van der Waals surface area contributed by atoms with Crippen LogP contribution in [0.1, 0.15) is 71.1 Å². The fourth-order valence-corrected chi connectivity index (χ4v) is 4.80. The van der Waals surface area contributed by atoms with E-state index < -0.39 is 0 Å². The van der Waals surface area contributed by atoms with Gasteiger partial charge in [0.05, 0.1) is 0 Å². The van der Waals surface area contributed by atoms with Gasteiger partial charge in [0, 0.05) is 25.0 Å². The maximum Gasteiger partial charge on any atom is 0.225 e. The van der Waals surface area contributed by atoms with Crippen LogP contribution in [-0.2, 0) is 4.79 Å². The Hall–Kier alpha value is -0.570. The summed E-state index contributed by atoms with van der Waals surface area (Å²) in [5.41, 5.74) is 0. The van der Waals surface area contributed by atoms with Crippen molar-refractivity contribution < 1.29 is 4.79 Å². The van der Waals surface area contributed by atoms with Gasteiger partial charge in [-0.3, -0.25) is 9.69 Å². The average Bonchev–Trinajstić information content (AvgIpc) is 3.23. The van der Waals surface area contributed by atoms with Crippen LogP contribution >= 0.6 is 0 Å². The summed E-state index contributed by atoms with van der Waals surface area (Å²) in [5, 5.41) is 0. The third kappa shape index (κ3) is 3.84. The summed E-state index contributed by atoms with van der Waals surface area (Å²) >= 11 is 0. The van der Waals surface area contributed by atoms with Gasteiger partial charge >= 0.3 is 0 Å². The number of hydrogen-bond donors (Lipinski definition) is 0. The van der Waals surface area contributed by atoms with Crippen LogP contribution in [-0.4, -0.2) is 47.9 Å². The molecule has 1 unspecified atom stereocenters. The lowest BCUT2D eigenvalue weighted by atomic mass is 9.79. The third-order valence-corrected chi connectivity index (χ3v) is 6.29. The van der Waals surface area contributed by atoms with Crippen LogP contribution in [0.2, 0.25) is 0 Å². The van der Waals surface area contributed by atoms with E-state index in [0.717, 1.165) is 31.8 Å². The minimum atomic E-state index is 0.343. The summed E-state index contributed by atoms with van der Waals surface area (Å²) < 4.78 is 0. The van der Waals surface area contributed by atoms with Gasteiger partial charge in [0.2, 0.25) is 5.91 Å². The summed E-state index contributed by atoms with van der Waals surface area (Å²) in [6.07, 6.45) is 12.9. The highest BCUT2D eigenvalue weighted by Crippen LogP contribution is 2.33. The highest BCUT2D eigenvalue weighted by molar-refractivity contribution is 5.79. The minimum absolute atomic E-state index is 0.343. The smallest absolute Gasteiger partial charge is 0.225 e. The fraction of sp³-hybridized carbons (Fsp3) is 0.947. The second-order valence-electron chi connectivity index (χ2n) is 7.83. The van der Waals surface area contributed by atoms with E-state index in [4.69, 9.17) is 0 Å². The Bertz CT molecular complexity index is 356. The second kappa shape index (κ2) is 7.81. The first kappa shape index (κ1) is 16.3. The molecule has 0 spiro atoms. The quantitative estimate of drug-likeness (QED) is 0.773. The largest absolute Gasteiger partial charge is 0.341 e. The average molecular weight is 306 g/mol. The summed E-state index contributed by atoms with van der Waals surface area (Å²) in [6, 6.07) is 0.660. The Morgan fingerprint density at radius 2 is 1.73 bits per heavy atom. The lowest BCUT2D eigenvalue weighted by molar-refractivity contribution is -0.136. The van der Waals surface area contributed by atoms with Gasteiger partial charge in [0.25, 0.3) is 0 Å². The predicted octanol–water partition coefficient (Wildman–Crippen LogP) is 3.68. The van der Waals surface area contributed by atoms with E-state index in [-0.39, 0.29) is 0 Å². The van der Waals surface area contributed by atoms with E-state index in [0.29, 0.717) is 17.9 Å². The van der Waals surface area contributed by atoms with Crippen LogP contribution in [0.3, 0.4) is 0 Å². The van der Waals surface area contributed by atoms with Crippen molar-refractivity contribution >= 4 is 5.91 Å². The van der Waals surface area contributed by atoms with Gasteiger partial charge in [0.1, 0.15) is 0 Å². The van der Waals surface area contributed by atoms with Crippen LogP contribution in [0, 0.1) is 11.8 Å². The molecule has 2 heterocycles. The van der Waals surface area contributed by atoms with Gasteiger partial charge in [-0.25, -0.2) is 0 Å². The second-order valence-corrected chi connectivity index (χ2v) is 7.83. The Labute approximate surface area is 136 Å². The zero-order valence-corrected chi connectivity index (χ0v) is 14.4. The molecule has 0 aromatic rings. The topological polar surface area (TPSA) is 23.6 Å². The van der Waals surface area contributed by atoms with Crippen LogP contribution in [0.15, 0.2) is 0 Å². The molecule has 22 heavy (non-hydrogen) atoms. The number of hydrogen-bond acceptors (Lipinski definition) is 2. The van der Waals surface area contributed by atoms with Gasteiger partial charge in [0.15, 0.2) is 0 Å². The van der Waals surface area contributed by atoms with Crippen LogP contribution in [0.5, 0.6) is 0 Å². The van der Waals surface area contributed by atoms with Crippen molar-refractivity contribution in [3.8, 4) is 0 Å². The number of likely N-dealkylation sites (tertiary alicyclic amines) is 2. The zero-order valence-electron chi connectivity index (χ0n) is 14.4. The van der Waals surface area contributed by atoms with Crippen LogP contribution in [0.4, 0.5) is 0 Å². The molecular formula is C19H34N2O.